The molecule has 3 N–H and O–H groups in total. The molecule has 71 heavy (non-hydrogen) atoms. The smallest absolute Gasteiger partial charge is 0.857 e. The fraction of sp³-hybridized carbons (Fsp3) is 0.775. The van der Waals surface area contributed by atoms with Gasteiger partial charge in [0, 0.05) is 17.8 Å². The molecule has 0 aliphatic rings. The minimum Gasteiger partial charge on any atom is -0.857 e. The van der Waals surface area contributed by atoms with Crippen molar-refractivity contribution in [3.63, 3.8) is 0 Å². The van der Waals surface area contributed by atoms with Crippen molar-refractivity contribution in [1.29, 1.82) is 0 Å². The fourth-order valence-corrected chi connectivity index (χ4v) is 2.84. The van der Waals surface area contributed by atoms with E-state index in [4.69, 9.17) is 32.0 Å². The molecule has 0 heterocycles. The Morgan fingerprint density at radius 1 is 0.592 bits per heavy atom. The van der Waals surface area contributed by atoms with Crippen LogP contribution in [-0.4, -0.2) is 151 Å². The van der Waals surface area contributed by atoms with Gasteiger partial charge >= 0.3 is 95.5 Å². The van der Waals surface area contributed by atoms with Gasteiger partial charge < -0.3 is 44.3 Å². The summed E-state index contributed by atoms with van der Waals surface area (Å²) < 4.78 is 200. The standard InChI is InChI=1S/C12H14F6O4.C8H10F6O3.C6H15N.C5H7F3O3.C4H5ClO.C4H10O.CH3O.Na/c1-6(2)5-21-9(20)10(11(13,14)15,12(16,17)18)22-8(19)7(3)4;1-4(2)3-17-5(15)6(16,7(9,10)11)8(12,13)14;1-4-7(5-2)6-3;1-4(10,3(9)11-2)5(6,7)8;1-3(2)4(5)6;1-4(2)3-5;1-2;/h6H,3,5H2,1-2,4H3;4,16H,3H2,1-2H3;4-6H2,1-3H3;10H,1-2H3;1H2,2H3;4-5H,3H2,1-2H3;1H3;/q;;;;;;-1;+1. The zero-order valence-corrected chi connectivity index (χ0v) is 44.6. The second-order valence-electron chi connectivity index (χ2n) is 14.8. The van der Waals surface area contributed by atoms with Gasteiger partial charge in [0.25, 0.3) is 5.60 Å². The van der Waals surface area contributed by atoms with Crippen LogP contribution < -0.4 is 34.7 Å². The van der Waals surface area contributed by atoms with Gasteiger partial charge in [-0.2, -0.15) is 73.0 Å². The van der Waals surface area contributed by atoms with Crippen LogP contribution in [0.15, 0.2) is 24.3 Å². The first-order valence-electron chi connectivity index (χ1n) is 19.7. The maximum atomic E-state index is 12.9. The summed E-state index contributed by atoms with van der Waals surface area (Å²) in [5, 5.41) is 33.0. The number of methoxy groups -OCH3 is 1. The summed E-state index contributed by atoms with van der Waals surface area (Å²) in [6.45, 7) is 27.5. The number of aliphatic hydroxyl groups is 3. The quantitative estimate of drug-likeness (QED) is 0.0524. The van der Waals surface area contributed by atoms with Gasteiger partial charge in [0.15, 0.2) is 0 Å². The average Bonchev–Trinajstić information content (AvgIpc) is 3.20. The number of alkyl halides is 15. The summed E-state index contributed by atoms with van der Waals surface area (Å²) in [5.74, 6) is -9.82. The van der Waals surface area contributed by atoms with E-state index < -0.39 is 107 Å². The molecule has 0 rings (SSSR count). The minimum atomic E-state index is -6.26. The number of ether oxygens (including phenoxy) is 4. The third kappa shape index (κ3) is 32.8. The Morgan fingerprint density at radius 3 is 1.01 bits per heavy atom. The van der Waals surface area contributed by atoms with Crippen LogP contribution in [0, 0.1) is 17.8 Å². The van der Waals surface area contributed by atoms with Crippen LogP contribution in [0.2, 0.25) is 0 Å². The SMILES string of the molecule is C=C(C)C(=O)Cl.C=C(C)C(=O)OC(C(=O)OCC(C)C)(C(F)(F)F)C(F)(F)F.CC(C)CO.CC(C)COC(=O)C(O)(C(F)(F)F)C(F)(F)F.CCN(CC)CC.COC(=O)C(C)(O)C(F)(F)F.C[O-].[Na+]. The van der Waals surface area contributed by atoms with Crippen molar-refractivity contribution in [1.82, 2.24) is 4.90 Å². The first-order chi connectivity index (χ1) is 31.0. The molecule has 0 aliphatic carbocycles. The zero-order chi connectivity index (χ0) is 58.4. The van der Waals surface area contributed by atoms with Gasteiger partial charge in [-0.1, -0.05) is 75.5 Å². The molecule has 0 saturated heterocycles. The Hall–Kier alpha value is -2.93. The van der Waals surface area contributed by atoms with Crippen LogP contribution in [0.1, 0.15) is 83.1 Å². The number of hydrogen-bond donors (Lipinski definition) is 3. The van der Waals surface area contributed by atoms with Gasteiger partial charge in [-0.05, 0) is 69.8 Å². The molecule has 1 atom stereocenters. The van der Waals surface area contributed by atoms with Gasteiger partial charge in [-0.15, -0.1) is 0 Å². The van der Waals surface area contributed by atoms with E-state index in [0.29, 0.717) is 25.0 Å². The molecule has 0 radical (unpaired) electrons. The van der Waals surface area contributed by atoms with Gasteiger partial charge in [0.1, 0.15) is 0 Å². The summed E-state index contributed by atoms with van der Waals surface area (Å²) in [6.07, 6.45) is -29.9. The van der Waals surface area contributed by atoms with E-state index >= 15 is 0 Å². The van der Waals surface area contributed by atoms with E-state index in [1.165, 1.54) is 47.3 Å². The topological polar surface area (TPSA) is 209 Å². The number of nitrogens with zero attached hydrogens (tertiary/aromatic N) is 1. The molecule has 0 amide bonds. The van der Waals surface area contributed by atoms with E-state index in [1.54, 1.807) is 6.92 Å². The van der Waals surface area contributed by atoms with Crippen LogP contribution in [0.5, 0.6) is 0 Å². The Kier molecular flexibility index (Phi) is 45.1. The van der Waals surface area contributed by atoms with Gasteiger partial charge in [0.2, 0.25) is 5.24 Å². The van der Waals surface area contributed by atoms with Crippen LogP contribution in [-0.2, 0) is 42.9 Å². The van der Waals surface area contributed by atoms with E-state index in [1.807, 2.05) is 13.8 Å². The number of hydrogen-bond acceptors (Lipinski definition) is 14. The Bertz CT molecular complexity index is 1500. The Morgan fingerprint density at radius 2 is 0.873 bits per heavy atom. The molecule has 31 heteroatoms. The molecule has 420 valence electrons. The summed E-state index contributed by atoms with van der Waals surface area (Å²) in [6, 6.07) is 0. The molecule has 0 fully saturated rings. The van der Waals surface area contributed by atoms with Gasteiger partial charge in [0.05, 0.1) is 20.3 Å². The maximum Gasteiger partial charge on any atom is 1.00 e. The average molecular weight is 1110 g/mol. The molecule has 0 saturated carbocycles. The van der Waals surface area contributed by atoms with Crippen molar-refractivity contribution < 1.29 is 159 Å². The predicted molar refractivity (Wildman–Crippen MR) is 220 cm³/mol. The number of halogens is 16. The van der Waals surface area contributed by atoms with Crippen LogP contribution >= 0.6 is 11.6 Å². The molecular weight excluding hydrogens is 1050 g/mol. The van der Waals surface area contributed by atoms with Crippen molar-refractivity contribution in [2.45, 2.75) is 131 Å². The first kappa shape index (κ1) is 84.9. The van der Waals surface area contributed by atoms with E-state index in [2.05, 4.69) is 57.8 Å². The summed E-state index contributed by atoms with van der Waals surface area (Å²) >= 11 is 4.87. The van der Waals surface area contributed by atoms with Crippen molar-refractivity contribution in [2.24, 2.45) is 17.8 Å². The van der Waals surface area contributed by atoms with Crippen LogP contribution in [0.4, 0.5) is 65.9 Å². The van der Waals surface area contributed by atoms with Crippen molar-refractivity contribution in [3.8, 4) is 0 Å². The molecule has 0 aromatic rings. The summed E-state index contributed by atoms with van der Waals surface area (Å²) in [4.78, 5) is 55.8. The zero-order valence-electron chi connectivity index (χ0n) is 41.8. The molecule has 0 bridgehead atoms. The normalized spacial score (nSPS) is 12.5. The molecule has 1 unspecified atom stereocenters. The maximum absolute atomic E-state index is 12.9. The largest absolute Gasteiger partial charge is 1.00 e. The Labute approximate surface area is 429 Å². The molecule has 14 nitrogen and oxygen atoms in total. The van der Waals surface area contributed by atoms with E-state index in [0.717, 1.165) is 21.1 Å². The number of carbonyl (C=O) groups excluding carboxylic acids is 5. The van der Waals surface area contributed by atoms with Crippen LogP contribution in [0.25, 0.3) is 0 Å². The summed E-state index contributed by atoms with van der Waals surface area (Å²) in [7, 11) is 1.52. The monoisotopic (exact) mass is 1110 g/mol. The predicted octanol–water partition coefficient (Wildman–Crippen LogP) is 4.97. The number of allylic oxidation sites excluding steroid dienone is 1. The molecule has 0 aliphatic heterocycles. The molecular formula is C40H64ClF15NNaO13. The van der Waals surface area contributed by atoms with Crippen LogP contribution in [0.3, 0.4) is 0 Å². The summed E-state index contributed by atoms with van der Waals surface area (Å²) in [5.41, 5.74) is -14.7. The molecule has 0 spiro atoms. The third-order valence-corrected chi connectivity index (χ3v) is 7.39. The minimum absolute atomic E-state index is 0. The number of aliphatic hydroxyl groups excluding tert-OH is 1. The second kappa shape index (κ2) is 37.7. The van der Waals surface area contributed by atoms with E-state index in [-0.39, 0.29) is 29.6 Å². The molecule has 0 aromatic heterocycles. The van der Waals surface area contributed by atoms with Crippen molar-refractivity contribution in [3.05, 3.63) is 24.3 Å². The number of rotatable bonds is 14. The Balaban J connectivity index is -0.000000119. The van der Waals surface area contributed by atoms with Crippen molar-refractivity contribution in [2.75, 3.05) is 53.7 Å². The van der Waals surface area contributed by atoms with E-state index in [9.17, 15) is 89.8 Å². The fourth-order valence-electron chi connectivity index (χ4n) is 2.84. The first-order valence-corrected chi connectivity index (χ1v) is 20.1. The third-order valence-electron chi connectivity index (χ3n) is 7.07. The van der Waals surface area contributed by atoms with Crippen molar-refractivity contribution >= 4 is 40.7 Å². The number of esters is 4. The van der Waals surface area contributed by atoms with Gasteiger partial charge in [-0.25, -0.2) is 19.2 Å². The number of carbonyl (C=O) groups is 5. The molecule has 0 aromatic carbocycles. The second-order valence-corrected chi connectivity index (χ2v) is 15.2. The van der Waals surface area contributed by atoms with Gasteiger partial charge in [-0.3, -0.25) is 4.79 Å².